The summed E-state index contributed by atoms with van der Waals surface area (Å²) in [6.07, 6.45) is -4.39. The Morgan fingerprint density at radius 2 is 1.91 bits per heavy atom. The summed E-state index contributed by atoms with van der Waals surface area (Å²) in [5.41, 5.74) is 0.0355. The smallest absolute Gasteiger partial charge is 0.353 e. The summed E-state index contributed by atoms with van der Waals surface area (Å²) in [5.74, 6) is 0. The average molecular weight is 388 g/mol. The van der Waals surface area contributed by atoms with E-state index in [1.165, 1.54) is 12.1 Å². The molecule has 120 valence electrons. The van der Waals surface area contributed by atoms with Gasteiger partial charge in [-0.3, -0.25) is 4.79 Å². The lowest BCUT2D eigenvalue weighted by Crippen LogP contribution is -2.24. The normalized spacial score (nSPS) is 12.0. The first kappa shape index (κ1) is 15.7. The molecule has 0 radical (unpaired) electrons. The fourth-order valence-corrected chi connectivity index (χ4v) is 2.63. The van der Waals surface area contributed by atoms with Gasteiger partial charge in [0.1, 0.15) is 5.39 Å². The molecule has 0 aliphatic rings. The van der Waals surface area contributed by atoms with Crippen LogP contribution < -0.4 is 5.56 Å². The number of aromatic nitrogens is 3. The Bertz CT molecular complexity index is 929. The predicted molar refractivity (Wildman–Crippen MR) is 79.0 cm³/mol. The van der Waals surface area contributed by atoms with Crippen molar-refractivity contribution in [1.29, 1.82) is 0 Å². The number of halogens is 4. The van der Waals surface area contributed by atoms with Crippen molar-refractivity contribution in [2.45, 2.75) is 19.6 Å². The van der Waals surface area contributed by atoms with E-state index in [9.17, 15) is 18.0 Å². The molecule has 2 heterocycles. The first-order valence-corrected chi connectivity index (χ1v) is 7.25. The van der Waals surface area contributed by atoms with Crippen molar-refractivity contribution >= 4 is 26.9 Å². The van der Waals surface area contributed by atoms with Crippen LogP contribution in [-0.4, -0.2) is 14.9 Å². The van der Waals surface area contributed by atoms with Gasteiger partial charge in [-0.25, -0.2) is 4.68 Å². The second-order valence-electron chi connectivity index (χ2n) is 4.92. The van der Waals surface area contributed by atoms with Gasteiger partial charge in [-0.15, -0.1) is 0 Å². The molecule has 9 heteroatoms. The van der Waals surface area contributed by atoms with Gasteiger partial charge >= 0.3 is 6.18 Å². The zero-order valence-corrected chi connectivity index (χ0v) is 13.3. The molecule has 0 unspecified atom stereocenters. The van der Waals surface area contributed by atoms with Crippen molar-refractivity contribution < 1.29 is 17.7 Å². The fourth-order valence-electron chi connectivity index (χ4n) is 2.17. The number of fused-ring (bicyclic) bond motifs is 1. The Morgan fingerprint density at radius 3 is 2.52 bits per heavy atom. The number of aryl methyl sites for hydroxylation is 1. The van der Waals surface area contributed by atoms with Crippen LogP contribution in [0.4, 0.5) is 13.2 Å². The molecular weight excluding hydrogens is 379 g/mol. The van der Waals surface area contributed by atoms with Crippen LogP contribution in [-0.2, 0) is 12.7 Å². The monoisotopic (exact) mass is 387 g/mol. The topological polar surface area (TPSA) is 60.9 Å². The minimum atomic E-state index is -4.39. The molecule has 0 aliphatic carbocycles. The summed E-state index contributed by atoms with van der Waals surface area (Å²) in [7, 11) is 0. The molecule has 0 N–H and O–H groups in total. The Balaban J connectivity index is 2.00. The summed E-state index contributed by atoms with van der Waals surface area (Å²) < 4.78 is 44.1. The van der Waals surface area contributed by atoms with Crippen molar-refractivity contribution in [3.8, 4) is 0 Å². The van der Waals surface area contributed by atoms with E-state index in [0.29, 0.717) is 21.2 Å². The molecule has 23 heavy (non-hydrogen) atoms. The van der Waals surface area contributed by atoms with Gasteiger partial charge in [-0.05, 0) is 40.5 Å². The van der Waals surface area contributed by atoms with Crippen LogP contribution in [0.3, 0.4) is 0 Å². The summed E-state index contributed by atoms with van der Waals surface area (Å²) >= 11 is 3.19. The van der Waals surface area contributed by atoms with Gasteiger partial charge in [0.05, 0.1) is 17.8 Å². The predicted octanol–water partition coefficient (Wildman–Crippen LogP) is 3.52. The summed E-state index contributed by atoms with van der Waals surface area (Å²) in [4.78, 5) is 12.4. The number of benzene rings is 1. The fraction of sp³-hybridized carbons (Fsp3) is 0.214. The van der Waals surface area contributed by atoms with E-state index in [0.717, 1.165) is 16.8 Å². The first-order valence-electron chi connectivity index (χ1n) is 6.46. The van der Waals surface area contributed by atoms with Crippen molar-refractivity contribution in [3.05, 3.63) is 56.0 Å². The van der Waals surface area contributed by atoms with Gasteiger partial charge in [-0.2, -0.15) is 18.3 Å². The van der Waals surface area contributed by atoms with E-state index >= 15 is 0 Å². The van der Waals surface area contributed by atoms with Crippen molar-refractivity contribution in [3.63, 3.8) is 0 Å². The minimum Gasteiger partial charge on any atom is -0.353 e. The lowest BCUT2D eigenvalue weighted by atomic mass is 10.1. The molecule has 5 nitrogen and oxygen atoms in total. The molecule has 1 aromatic carbocycles. The first-order chi connectivity index (χ1) is 10.8. The number of nitrogens with zero attached hydrogens (tertiary/aromatic N) is 3. The summed E-state index contributed by atoms with van der Waals surface area (Å²) in [6, 6.07) is 4.57. The van der Waals surface area contributed by atoms with E-state index in [-0.39, 0.29) is 12.1 Å². The van der Waals surface area contributed by atoms with Crippen LogP contribution in [0.25, 0.3) is 11.0 Å². The standard InChI is InChI=1S/C14H9BrF3N3O2/c1-7-10-11(23-20-7)12(15)19-21(13(10)22)6-8-2-4-9(5-3-8)14(16,17)18/h2-5H,6H2,1H3. The zero-order chi connectivity index (χ0) is 16.8. The van der Waals surface area contributed by atoms with E-state index in [4.69, 9.17) is 4.52 Å². The van der Waals surface area contributed by atoms with E-state index < -0.39 is 17.3 Å². The largest absolute Gasteiger partial charge is 0.416 e. The second kappa shape index (κ2) is 5.48. The van der Waals surface area contributed by atoms with E-state index in [1.54, 1.807) is 6.92 Å². The van der Waals surface area contributed by atoms with Crippen LogP contribution in [0, 0.1) is 6.92 Å². The highest BCUT2D eigenvalue weighted by molar-refractivity contribution is 9.10. The Morgan fingerprint density at radius 1 is 1.26 bits per heavy atom. The van der Waals surface area contributed by atoms with Crippen LogP contribution in [0.2, 0.25) is 0 Å². The minimum absolute atomic E-state index is 0.0378. The molecule has 3 aromatic rings. The van der Waals surface area contributed by atoms with Gasteiger partial charge in [0.25, 0.3) is 5.56 Å². The molecule has 0 aliphatic heterocycles. The highest BCUT2D eigenvalue weighted by Gasteiger charge is 2.30. The van der Waals surface area contributed by atoms with Gasteiger partial charge in [0.15, 0.2) is 4.60 Å². The highest BCUT2D eigenvalue weighted by Crippen LogP contribution is 2.29. The maximum Gasteiger partial charge on any atom is 0.416 e. The highest BCUT2D eigenvalue weighted by atomic mass is 79.9. The lowest BCUT2D eigenvalue weighted by Gasteiger charge is -2.09. The zero-order valence-electron chi connectivity index (χ0n) is 11.7. The second-order valence-corrected chi connectivity index (χ2v) is 5.67. The van der Waals surface area contributed by atoms with Crippen molar-refractivity contribution in [1.82, 2.24) is 14.9 Å². The quantitative estimate of drug-likeness (QED) is 0.674. The molecule has 0 bridgehead atoms. The number of rotatable bonds is 2. The van der Waals surface area contributed by atoms with Gasteiger partial charge < -0.3 is 4.52 Å². The lowest BCUT2D eigenvalue weighted by molar-refractivity contribution is -0.137. The number of alkyl halides is 3. The molecule has 0 atom stereocenters. The average Bonchev–Trinajstić information content (AvgIpc) is 2.87. The molecule has 3 rings (SSSR count). The Kier molecular flexibility index (Phi) is 3.75. The molecule has 2 aromatic heterocycles. The third-order valence-corrected chi connectivity index (χ3v) is 3.84. The van der Waals surface area contributed by atoms with Crippen LogP contribution in [0.5, 0.6) is 0 Å². The maximum atomic E-state index is 12.6. The molecule has 0 fully saturated rings. The van der Waals surface area contributed by atoms with E-state index in [2.05, 4.69) is 26.2 Å². The van der Waals surface area contributed by atoms with Gasteiger partial charge in [0, 0.05) is 0 Å². The maximum absolute atomic E-state index is 12.6. The number of hydrogen-bond acceptors (Lipinski definition) is 4. The molecule has 0 saturated heterocycles. The third-order valence-electron chi connectivity index (χ3n) is 3.32. The summed E-state index contributed by atoms with van der Waals surface area (Å²) in [6.45, 7) is 1.66. The molecule has 0 amide bonds. The summed E-state index contributed by atoms with van der Waals surface area (Å²) in [5, 5.41) is 8.06. The molecule has 0 spiro atoms. The van der Waals surface area contributed by atoms with Gasteiger partial charge in [0.2, 0.25) is 5.58 Å². The van der Waals surface area contributed by atoms with Crippen LogP contribution in [0.1, 0.15) is 16.8 Å². The van der Waals surface area contributed by atoms with Crippen molar-refractivity contribution in [2.24, 2.45) is 0 Å². The van der Waals surface area contributed by atoms with Crippen LogP contribution in [0.15, 0.2) is 38.2 Å². The van der Waals surface area contributed by atoms with Gasteiger partial charge in [-0.1, -0.05) is 17.3 Å². The van der Waals surface area contributed by atoms with Crippen molar-refractivity contribution in [2.75, 3.05) is 0 Å². The molecular formula is C14H9BrF3N3O2. The third kappa shape index (κ3) is 2.88. The van der Waals surface area contributed by atoms with E-state index in [1.807, 2.05) is 0 Å². The Labute approximate surface area is 135 Å². The molecule has 0 saturated carbocycles. The van der Waals surface area contributed by atoms with Crippen LogP contribution >= 0.6 is 15.9 Å². The SMILES string of the molecule is Cc1noc2c(Br)nn(Cc3ccc(C(F)(F)F)cc3)c(=O)c12. The Hall–Kier alpha value is -2.16. The number of hydrogen-bond donors (Lipinski definition) is 0.